The number of aromatic amines is 1. The molecule has 0 saturated heterocycles. The number of carbonyl (C=O) groups is 1. The molecular weight excluding hydrogens is 422 g/mol. The van der Waals surface area contributed by atoms with Crippen LogP contribution in [-0.2, 0) is 17.4 Å². The molecule has 1 aliphatic rings. The van der Waals surface area contributed by atoms with Gasteiger partial charge in [-0.15, -0.1) is 0 Å². The van der Waals surface area contributed by atoms with Crippen LogP contribution in [0.5, 0.6) is 0 Å². The van der Waals surface area contributed by atoms with Gasteiger partial charge in [0.2, 0.25) is 5.91 Å². The van der Waals surface area contributed by atoms with E-state index in [4.69, 9.17) is 17.3 Å². The van der Waals surface area contributed by atoms with Gasteiger partial charge in [-0.1, -0.05) is 11.6 Å². The summed E-state index contributed by atoms with van der Waals surface area (Å²) in [6.07, 6.45) is -4.18. The fourth-order valence-electron chi connectivity index (χ4n) is 4.08. The number of hydrogen-bond donors (Lipinski definition) is 2. The van der Waals surface area contributed by atoms with Gasteiger partial charge in [0.05, 0.1) is 11.6 Å². The van der Waals surface area contributed by atoms with Crippen LogP contribution in [0.25, 0.3) is 10.9 Å². The lowest BCUT2D eigenvalue weighted by atomic mass is 9.91. The van der Waals surface area contributed by atoms with Crippen molar-refractivity contribution in [2.75, 3.05) is 13.1 Å². The number of alkyl halides is 3. The van der Waals surface area contributed by atoms with Crippen molar-refractivity contribution in [2.45, 2.75) is 25.1 Å². The Balaban J connectivity index is 1.93. The van der Waals surface area contributed by atoms with Crippen molar-refractivity contribution in [3.63, 3.8) is 0 Å². The summed E-state index contributed by atoms with van der Waals surface area (Å²) in [6, 6.07) is 6.72. The Morgan fingerprint density at radius 3 is 2.70 bits per heavy atom. The van der Waals surface area contributed by atoms with Crippen LogP contribution in [0.15, 0.2) is 36.4 Å². The van der Waals surface area contributed by atoms with Crippen LogP contribution in [0.2, 0.25) is 5.02 Å². The van der Waals surface area contributed by atoms with E-state index in [1.807, 2.05) is 0 Å². The van der Waals surface area contributed by atoms with Crippen molar-refractivity contribution in [3.8, 4) is 0 Å². The van der Waals surface area contributed by atoms with Gasteiger partial charge in [-0.2, -0.15) is 13.2 Å². The molecule has 2 aromatic carbocycles. The average molecular weight is 440 g/mol. The van der Waals surface area contributed by atoms with Crippen LogP contribution in [-0.4, -0.2) is 28.9 Å². The largest absolute Gasteiger partial charge is 0.416 e. The molecule has 1 amide bonds. The zero-order valence-electron chi connectivity index (χ0n) is 15.7. The van der Waals surface area contributed by atoms with Gasteiger partial charge in [-0.05, 0) is 53.9 Å². The molecule has 1 aromatic heterocycles. The van der Waals surface area contributed by atoms with Gasteiger partial charge in [0.1, 0.15) is 5.82 Å². The lowest BCUT2D eigenvalue weighted by Crippen LogP contribution is -2.41. The minimum absolute atomic E-state index is 0.0410. The minimum Gasteiger partial charge on any atom is -0.356 e. The molecule has 0 saturated carbocycles. The molecule has 0 aliphatic carbocycles. The van der Waals surface area contributed by atoms with E-state index in [9.17, 15) is 22.4 Å². The number of rotatable bonds is 3. The molecule has 4 nitrogen and oxygen atoms in total. The zero-order chi connectivity index (χ0) is 21.6. The molecule has 9 heteroatoms. The second-order valence-electron chi connectivity index (χ2n) is 7.26. The monoisotopic (exact) mass is 439 g/mol. The third-order valence-corrected chi connectivity index (χ3v) is 5.57. The van der Waals surface area contributed by atoms with Crippen LogP contribution in [0.4, 0.5) is 17.6 Å². The van der Waals surface area contributed by atoms with Gasteiger partial charge in [-0.25, -0.2) is 4.39 Å². The van der Waals surface area contributed by atoms with Crippen LogP contribution in [0.1, 0.15) is 34.8 Å². The summed E-state index contributed by atoms with van der Waals surface area (Å²) >= 11 is 6.12. The second-order valence-corrected chi connectivity index (χ2v) is 7.69. The highest BCUT2D eigenvalue weighted by Gasteiger charge is 2.37. The third kappa shape index (κ3) is 3.65. The summed E-state index contributed by atoms with van der Waals surface area (Å²) in [5.41, 5.74) is 6.62. The predicted molar refractivity (Wildman–Crippen MR) is 106 cm³/mol. The van der Waals surface area contributed by atoms with Crippen molar-refractivity contribution in [1.82, 2.24) is 9.88 Å². The summed E-state index contributed by atoms with van der Waals surface area (Å²) < 4.78 is 54.1. The normalized spacial score (nSPS) is 16.7. The predicted octanol–water partition coefficient (Wildman–Crippen LogP) is 4.80. The molecule has 4 rings (SSSR count). The fraction of sp³-hybridized carbons (Fsp3) is 0.286. The van der Waals surface area contributed by atoms with E-state index in [-0.39, 0.29) is 31.0 Å². The number of aromatic nitrogens is 1. The fourth-order valence-corrected chi connectivity index (χ4v) is 4.25. The molecule has 0 fully saturated rings. The average Bonchev–Trinajstić information content (AvgIpc) is 3.04. The van der Waals surface area contributed by atoms with Crippen molar-refractivity contribution < 1.29 is 22.4 Å². The molecule has 0 bridgehead atoms. The lowest BCUT2D eigenvalue weighted by molar-refractivity contribution is -0.137. The molecule has 3 aromatic rings. The highest BCUT2D eigenvalue weighted by atomic mass is 35.5. The van der Waals surface area contributed by atoms with Crippen molar-refractivity contribution in [1.29, 1.82) is 0 Å². The Kier molecular flexibility index (Phi) is 5.23. The molecule has 1 unspecified atom stereocenters. The molecule has 158 valence electrons. The molecule has 1 aliphatic heterocycles. The Bertz CT molecular complexity index is 1130. The van der Waals surface area contributed by atoms with E-state index in [2.05, 4.69) is 4.98 Å². The quantitative estimate of drug-likeness (QED) is 0.576. The maximum atomic E-state index is 14.2. The van der Waals surface area contributed by atoms with Crippen LogP contribution < -0.4 is 5.73 Å². The number of halogens is 5. The number of nitrogens with two attached hydrogens (primary N) is 1. The number of H-pyrrole nitrogens is 1. The highest BCUT2D eigenvalue weighted by Crippen LogP contribution is 2.41. The van der Waals surface area contributed by atoms with Gasteiger partial charge >= 0.3 is 6.18 Å². The Morgan fingerprint density at radius 2 is 2.00 bits per heavy atom. The molecule has 0 radical (unpaired) electrons. The lowest BCUT2D eigenvalue weighted by Gasteiger charge is -2.36. The van der Waals surface area contributed by atoms with E-state index in [0.717, 1.165) is 28.6 Å². The van der Waals surface area contributed by atoms with Crippen molar-refractivity contribution in [3.05, 3.63) is 69.6 Å². The van der Waals surface area contributed by atoms with Crippen molar-refractivity contribution >= 4 is 28.4 Å². The number of amides is 1. The van der Waals surface area contributed by atoms with Crippen LogP contribution >= 0.6 is 11.6 Å². The van der Waals surface area contributed by atoms with Crippen molar-refractivity contribution in [2.24, 2.45) is 5.73 Å². The summed E-state index contributed by atoms with van der Waals surface area (Å²) in [5.74, 6) is -1.32. The molecule has 1 atom stereocenters. The Labute approximate surface area is 174 Å². The molecule has 2 heterocycles. The van der Waals surface area contributed by atoms with E-state index >= 15 is 0 Å². The van der Waals surface area contributed by atoms with Gasteiger partial charge in [0.15, 0.2) is 0 Å². The maximum absolute atomic E-state index is 14.2. The summed E-state index contributed by atoms with van der Waals surface area (Å²) in [4.78, 5) is 17.4. The highest BCUT2D eigenvalue weighted by molar-refractivity contribution is 6.31. The van der Waals surface area contributed by atoms with Gasteiger partial charge < -0.3 is 15.6 Å². The van der Waals surface area contributed by atoms with Gasteiger partial charge in [-0.3, -0.25) is 4.79 Å². The van der Waals surface area contributed by atoms with Gasteiger partial charge in [0, 0.05) is 41.1 Å². The first-order valence-corrected chi connectivity index (χ1v) is 9.74. The number of fused-ring (bicyclic) bond motifs is 3. The first-order valence-electron chi connectivity index (χ1n) is 9.36. The number of benzene rings is 2. The van der Waals surface area contributed by atoms with E-state index in [1.165, 1.54) is 4.90 Å². The summed E-state index contributed by atoms with van der Waals surface area (Å²) in [6.45, 7) is 0.377. The maximum Gasteiger partial charge on any atom is 0.416 e. The van der Waals surface area contributed by atoms with E-state index < -0.39 is 23.6 Å². The standard InChI is InChI=1S/C21H18ClF4N3O/c22-13-1-2-17-16(10-13)15-4-6-29(18(30)3-5-27)20(19(15)28-17)11-7-12(21(24,25)26)9-14(23)8-11/h1-2,7-10,20,28H,3-6,27H2. The zero-order valence-corrected chi connectivity index (χ0v) is 16.4. The minimum atomic E-state index is -4.71. The Hall–Kier alpha value is -2.58. The first-order chi connectivity index (χ1) is 14.2. The third-order valence-electron chi connectivity index (χ3n) is 5.33. The van der Waals surface area contributed by atoms with Crippen LogP contribution in [0.3, 0.4) is 0 Å². The number of hydrogen-bond acceptors (Lipinski definition) is 2. The smallest absolute Gasteiger partial charge is 0.356 e. The SMILES string of the molecule is NCCC(=O)N1CCc2c([nH]c3ccc(Cl)cc23)C1c1cc(F)cc(C(F)(F)F)c1. The second kappa shape index (κ2) is 7.59. The summed E-state index contributed by atoms with van der Waals surface area (Å²) in [5, 5.41) is 1.36. The topological polar surface area (TPSA) is 62.1 Å². The first kappa shape index (κ1) is 20.7. The number of nitrogens with zero attached hydrogens (tertiary/aromatic N) is 1. The molecule has 30 heavy (non-hydrogen) atoms. The Morgan fingerprint density at radius 1 is 1.23 bits per heavy atom. The molecule has 3 N–H and O–H groups in total. The van der Waals surface area contributed by atoms with Gasteiger partial charge in [0.25, 0.3) is 0 Å². The number of nitrogens with one attached hydrogen (secondary N) is 1. The van der Waals surface area contributed by atoms with Crippen LogP contribution in [0, 0.1) is 5.82 Å². The molecule has 0 spiro atoms. The summed E-state index contributed by atoms with van der Waals surface area (Å²) in [7, 11) is 0. The van der Waals surface area contributed by atoms with E-state index in [0.29, 0.717) is 23.2 Å². The van der Waals surface area contributed by atoms with E-state index in [1.54, 1.807) is 18.2 Å². The molecular formula is C21H18ClF4N3O. The number of carbonyl (C=O) groups excluding carboxylic acids is 1.